The quantitative estimate of drug-likeness (QED) is 0.219. The number of rotatable bonds is 9. The van der Waals surface area contributed by atoms with E-state index in [0.29, 0.717) is 33.8 Å². The van der Waals surface area contributed by atoms with Crippen molar-refractivity contribution in [2.45, 2.75) is 30.8 Å². The highest BCUT2D eigenvalue weighted by Crippen LogP contribution is 2.28. The number of anilines is 2. The average molecular weight is 506 g/mol. The maximum absolute atomic E-state index is 12.9. The van der Waals surface area contributed by atoms with E-state index in [1.54, 1.807) is 24.3 Å². The van der Waals surface area contributed by atoms with Gasteiger partial charge in [0.25, 0.3) is 0 Å². The van der Waals surface area contributed by atoms with Gasteiger partial charge in [-0.2, -0.15) is 0 Å². The minimum absolute atomic E-state index is 0.0214. The number of aromatic nitrogens is 3. The van der Waals surface area contributed by atoms with Crippen LogP contribution in [-0.4, -0.2) is 31.7 Å². The maximum atomic E-state index is 12.9. The second kappa shape index (κ2) is 11.2. The largest absolute Gasteiger partial charge is 0.377 e. The first kappa shape index (κ1) is 24.5. The zero-order valence-corrected chi connectivity index (χ0v) is 20.8. The summed E-state index contributed by atoms with van der Waals surface area (Å²) in [7, 11) is 0. The van der Waals surface area contributed by atoms with E-state index >= 15 is 0 Å². The Morgan fingerprint density at radius 1 is 0.971 bits per heavy atom. The van der Waals surface area contributed by atoms with Crippen molar-refractivity contribution in [3.8, 4) is 5.69 Å². The van der Waals surface area contributed by atoms with Gasteiger partial charge in [0.15, 0.2) is 16.8 Å². The van der Waals surface area contributed by atoms with Gasteiger partial charge in [0.2, 0.25) is 5.91 Å². The zero-order valence-electron chi connectivity index (χ0n) is 19.2. The lowest BCUT2D eigenvalue weighted by Gasteiger charge is -2.15. The van der Waals surface area contributed by atoms with Crippen molar-refractivity contribution in [3.05, 3.63) is 95.3 Å². The number of halogens is 1. The third-order valence-electron chi connectivity index (χ3n) is 5.24. The van der Waals surface area contributed by atoms with Crippen LogP contribution in [0, 0.1) is 0 Å². The molecule has 0 saturated carbocycles. The lowest BCUT2D eigenvalue weighted by Crippen LogP contribution is -2.23. The van der Waals surface area contributed by atoms with Crippen molar-refractivity contribution in [1.82, 2.24) is 14.8 Å². The fourth-order valence-corrected chi connectivity index (χ4v) is 4.44. The van der Waals surface area contributed by atoms with E-state index in [1.807, 2.05) is 66.1 Å². The molecular formula is C26H24ClN5O2S. The van der Waals surface area contributed by atoms with E-state index in [9.17, 15) is 9.59 Å². The standard InChI is InChI=1S/C26H24ClN5O2S/c1-17(33)19-12-14-20(15-13-19)29-25(34)18(2)35-26-31-30-24(32(26)21-8-4-3-5-9-21)16-28-23-11-7-6-10-22(23)27/h3-15,18,28H,16H2,1-2H3,(H,29,34)/t18-/m0/s1. The molecule has 0 radical (unpaired) electrons. The number of carbonyl (C=O) groups excluding carboxylic acids is 2. The normalized spacial score (nSPS) is 11.6. The van der Waals surface area contributed by atoms with Gasteiger partial charge in [0.05, 0.1) is 22.5 Å². The van der Waals surface area contributed by atoms with Crippen molar-refractivity contribution in [3.63, 3.8) is 0 Å². The van der Waals surface area contributed by atoms with E-state index in [-0.39, 0.29) is 11.7 Å². The summed E-state index contributed by atoms with van der Waals surface area (Å²) in [5, 5.41) is 15.7. The monoisotopic (exact) mass is 505 g/mol. The fourth-order valence-electron chi connectivity index (χ4n) is 3.35. The Balaban J connectivity index is 1.51. The van der Waals surface area contributed by atoms with Gasteiger partial charge in [-0.1, -0.05) is 53.7 Å². The van der Waals surface area contributed by atoms with Crippen LogP contribution in [0.1, 0.15) is 30.0 Å². The van der Waals surface area contributed by atoms with Crippen LogP contribution >= 0.6 is 23.4 Å². The number of ketones is 1. The Hall–Kier alpha value is -3.62. The van der Waals surface area contributed by atoms with Gasteiger partial charge in [-0.05, 0) is 62.4 Å². The summed E-state index contributed by atoms with van der Waals surface area (Å²) in [6, 6.07) is 24.1. The summed E-state index contributed by atoms with van der Waals surface area (Å²) in [5.74, 6) is 0.488. The van der Waals surface area contributed by atoms with Crippen LogP contribution in [0.4, 0.5) is 11.4 Å². The van der Waals surface area contributed by atoms with Crippen molar-refractivity contribution in [2.75, 3.05) is 10.6 Å². The molecule has 0 bridgehead atoms. The first-order chi connectivity index (χ1) is 16.9. The molecule has 1 aromatic heterocycles. The molecule has 0 spiro atoms. The van der Waals surface area contributed by atoms with Crippen molar-refractivity contribution in [2.24, 2.45) is 0 Å². The Labute approximate surface area is 212 Å². The van der Waals surface area contributed by atoms with Gasteiger partial charge in [0, 0.05) is 16.9 Å². The number of benzene rings is 3. The van der Waals surface area contributed by atoms with Gasteiger partial charge in [-0.3, -0.25) is 14.2 Å². The topological polar surface area (TPSA) is 88.9 Å². The summed E-state index contributed by atoms with van der Waals surface area (Å²) < 4.78 is 1.93. The minimum atomic E-state index is -0.446. The molecule has 0 aliphatic heterocycles. The molecule has 178 valence electrons. The fraction of sp³-hybridized carbons (Fsp3) is 0.154. The predicted octanol–water partition coefficient (Wildman–Crippen LogP) is 5.85. The van der Waals surface area contributed by atoms with Crippen molar-refractivity contribution < 1.29 is 9.59 Å². The van der Waals surface area contributed by atoms with Gasteiger partial charge >= 0.3 is 0 Å². The lowest BCUT2D eigenvalue weighted by atomic mass is 10.1. The van der Waals surface area contributed by atoms with E-state index in [1.165, 1.54) is 18.7 Å². The molecule has 0 unspecified atom stereocenters. The highest BCUT2D eigenvalue weighted by Gasteiger charge is 2.21. The van der Waals surface area contributed by atoms with Crippen LogP contribution in [0.5, 0.6) is 0 Å². The number of Topliss-reactive ketones (excluding diaryl/α,β-unsaturated/α-hetero) is 1. The van der Waals surface area contributed by atoms with Crippen LogP contribution in [0.3, 0.4) is 0 Å². The molecule has 0 aliphatic carbocycles. The Bertz CT molecular complexity index is 1330. The molecule has 0 fully saturated rings. The van der Waals surface area contributed by atoms with Gasteiger partial charge < -0.3 is 10.6 Å². The molecule has 0 aliphatic rings. The number of nitrogens with one attached hydrogen (secondary N) is 2. The molecule has 0 saturated heterocycles. The number of para-hydroxylation sites is 2. The summed E-state index contributed by atoms with van der Waals surface area (Å²) in [6.45, 7) is 3.72. The third-order valence-corrected chi connectivity index (χ3v) is 6.61. The highest BCUT2D eigenvalue weighted by molar-refractivity contribution is 8.00. The molecule has 1 amide bonds. The molecule has 1 atom stereocenters. The second-order valence-corrected chi connectivity index (χ2v) is 9.50. The summed E-state index contributed by atoms with van der Waals surface area (Å²) in [4.78, 5) is 24.3. The van der Waals surface area contributed by atoms with Crippen LogP contribution in [0.15, 0.2) is 84.0 Å². The smallest absolute Gasteiger partial charge is 0.237 e. The summed E-state index contributed by atoms with van der Waals surface area (Å²) in [6.07, 6.45) is 0. The summed E-state index contributed by atoms with van der Waals surface area (Å²) in [5.41, 5.74) is 2.92. The number of hydrogen-bond donors (Lipinski definition) is 2. The SMILES string of the molecule is CC(=O)c1ccc(NC(=O)[C@H](C)Sc2nnc(CNc3ccccc3Cl)n2-c2ccccc2)cc1. The van der Waals surface area contributed by atoms with Gasteiger partial charge in [-0.15, -0.1) is 10.2 Å². The molecule has 2 N–H and O–H groups in total. The lowest BCUT2D eigenvalue weighted by molar-refractivity contribution is -0.115. The molecule has 4 rings (SSSR count). The second-order valence-electron chi connectivity index (χ2n) is 7.79. The molecule has 3 aromatic carbocycles. The average Bonchev–Trinajstić information content (AvgIpc) is 3.26. The van der Waals surface area contributed by atoms with Crippen molar-refractivity contribution in [1.29, 1.82) is 0 Å². The van der Waals surface area contributed by atoms with Crippen LogP contribution in [0.25, 0.3) is 5.69 Å². The first-order valence-electron chi connectivity index (χ1n) is 11.0. The number of nitrogens with zero attached hydrogens (tertiary/aromatic N) is 3. The zero-order chi connectivity index (χ0) is 24.8. The Morgan fingerprint density at radius 3 is 2.34 bits per heavy atom. The first-order valence-corrected chi connectivity index (χ1v) is 12.2. The van der Waals surface area contributed by atoms with Crippen LogP contribution in [-0.2, 0) is 11.3 Å². The molecular weight excluding hydrogens is 482 g/mol. The van der Waals surface area contributed by atoms with Crippen molar-refractivity contribution >= 4 is 46.4 Å². The molecule has 4 aromatic rings. The van der Waals surface area contributed by atoms with Gasteiger partial charge in [0.1, 0.15) is 0 Å². The van der Waals surface area contributed by atoms with Gasteiger partial charge in [-0.25, -0.2) is 0 Å². The third kappa shape index (κ3) is 6.09. The van der Waals surface area contributed by atoms with Crippen LogP contribution < -0.4 is 10.6 Å². The number of amides is 1. The highest BCUT2D eigenvalue weighted by atomic mass is 35.5. The maximum Gasteiger partial charge on any atom is 0.237 e. The van der Waals surface area contributed by atoms with E-state index in [0.717, 1.165) is 11.4 Å². The number of carbonyl (C=O) groups is 2. The molecule has 35 heavy (non-hydrogen) atoms. The Morgan fingerprint density at radius 2 is 1.66 bits per heavy atom. The van der Waals surface area contributed by atoms with Crippen LogP contribution in [0.2, 0.25) is 5.02 Å². The predicted molar refractivity (Wildman–Crippen MR) is 141 cm³/mol. The molecule has 9 heteroatoms. The number of thioether (sulfide) groups is 1. The summed E-state index contributed by atoms with van der Waals surface area (Å²) >= 11 is 7.59. The van der Waals surface area contributed by atoms with E-state index in [2.05, 4.69) is 20.8 Å². The number of hydrogen-bond acceptors (Lipinski definition) is 6. The van der Waals surface area contributed by atoms with E-state index in [4.69, 9.17) is 11.6 Å². The Kier molecular flexibility index (Phi) is 7.84. The minimum Gasteiger partial charge on any atom is -0.377 e. The molecule has 1 heterocycles. The molecule has 7 nitrogen and oxygen atoms in total. The van der Waals surface area contributed by atoms with E-state index < -0.39 is 5.25 Å².